The van der Waals surface area contributed by atoms with Crippen molar-refractivity contribution < 1.29 is 18.4 Å². The smallest absolute Gasteiger partial charge is 0.325 e. The minimum absolute atomic E-state index is 0.232. The number of nitrogens with zero attached hydrogens (tertiary/aromatic N) is 1. The van der Waals surface area contributed by atoms with Gasteiger partial charge in [0.1, 0.15) is 12.6 Å². The van der Waals surface area contributed by atoms with Crippen molar-refractivity contribution in [2.45, 2.75) is 70.8 Å². The van der Waals surface area contributed by atoms with E-state index in [4.69, 9.17) is 14.3 Å². The zero-order valence-corrected chi connectivity index (χ0v) is 13.3. The number of amides is 1. The lowest BCUT2D eigenvalue weighted by atomic mass is 10.0. The van der Waals surface area contributed by atoms with Crippen LogP contribution in [-0.4, -0.2) is 42.4 Å². The Morgan fingerprint density at radius 3 is 2.77 bits per heavy atom. The number of cyclic esters (lactones) is 1. The molecule has 6 nitrogen and oxygen atoms in total. The molecule has 2 N–H and O–H groups in total. The molecule has 1 saturated heterocycles. The molecule has 0 radical (unpaired) electrons. The molecule has 0 aromatic heterocycles. The van der Waals surface area contributed by atoms with Gasteiger partial charge in [-0.05, 0) is 25.7 Å². The van der Waals surface area contributed by atoms with E-state index in [9.17, 15) is 9.59 Å². The van der Waals surface area contributed by atoms with E-state index in [1.807, 2.05) is 6.92 Å². The molecule has 0 bridgehead atoms. The molecule has 0 saturated carbocycles. The van der Waals surface area contributed by atoms with E-state index in [1.165, 1.54) is 0 Å². The summed E-state index contributed by atoms with van der Waals surface area (Å²) in [5, 5.41) is 10.1. The molecule has 0 spiro atoms. The van der Waals surface area contributed by atoms with Gasteiger partial charge in [0.25, 0.3) is 0 Å². The number of esters is 1. The van der Waals surface area contributed by atoms with Crippen molar-refractivity contribution in [3.8, 4) is 0 Å². The van der Waals surface area contributed by atoms with Gasteiger partial charge in [-0.15, -0.1) is 0 Å². The van der Waals surface area contributed by atoms with E-state index in [-0.39, 0.29) is 12.5 Å². The van der Waals surface area contributed by atoms with E-state index < -0.39 is 31.4 Å². The molecule has 22 heavy (non-hydrogen) atoms. The Hall–Kier alpha value is -1.59. The van der Waals surface area contributed by atoms with Crippen molar-refractivity contribution in [1.29, 1.82) is 5.41 Å². The fraction of sp³-hybridized carbons (Fsp3) is 0.812. The second-order valence-corrected chi connectivity index (χ2v) is 5.69. The van der Waals surface area contributed by atoms with Crippen LogP contribution in [0, 0.1) is 5.41 Å². The first-order valence-electron chi connectivity index (χ1n) is 9.59. The summed E-state index contributed by atoms with van der Waals surface area (Å²) in [5.74, 6) is -1.70. The van der Waals surface area contributed by atoms with E-state index in [2.05, 4.69) is 5.32 Å². The molecule has 1 amide bonds. The topological polar surface area (TPSA) is 82.5 Å². The first kappa shape index (κ1) is 14.0. The molecule has 1 atom stereocenters. The van der Waals surface area contributed by atoms with Crippen LogP contribution in [0.4, 0.5) is 0 Å². The van der Waals surface area contributed by atoms with Gasteiger partial charge in [-0.25, -0.2) is 0 Å². The third-order valence-electron chi connectivity index (χ3n) is 3.65. The number of rotatable bonds is 2. The van der Waals surface area contributed by atoms with Crippen LogP contribution in [0.25, 0.3) is 0 Å². The number of nitrogens with one attached hydrogen (secondary N) is 2. The average molecular weight is 314 g/mol. The van der Waals surface area contributed by atoms with Gasteiger partial charge in [0.15, 0.2) is 5.96 Å². The SMILES string of the molecule is [2H]C([2H])([2H])N1CC(=O)OC(CCC)CCCCCCCC(=O)NC1=N. The van der Waals surface area contributed by atoms with Crippen molar-refractivity contribution in [2.75, 3.05) is 13.5 Å². The Balaban J connectivity index is 2.87. The second-order valence-electron chi connectivity index (χ2n) is 5.69. The van der Waals surface area contributed by atoms with Crippen molar-refractivity contribution in [3.63, 3.8) is 0 Å². The fourth-order valence-corrected chi connectivity index (χ4v) is 2.47. The van der Waals surface area contributed by atoms with Gasteiger partial charge in [0.2, 0.25) is 5.91 Å². The Kier molecular flexibility index (Phi) is 6.50. The van der Waals surface area contributed by atoms with E-state index in [1.54, 1.807) is 0 Å². The molecule has 1 aliphatic heterocycles. The van der Waals surface area contributed by atoms with Crippen LogP contribution in [0.15, 0.2) is 0 Å². The zero-order valence-electron chi connectivity index (χ0n) is 16.3. The molecular weight excluding hydrogens is 282 g/mol. The molecule has 0 aromatic carbocycles. The van der Waals surface area contributed by atoms with Crippen LogP contribution in [0.3, 0.4) is 0 Å². The standard InChI is InChI=1S/C16H29N3O3/c1-3-9-13-10-7-5-4-6-8-11-14(20)18-16(17)19(2)12-15(21)22-13/h13H,3-12H2,1-2H3,(H2,17,18,20)/i2D3. The predicted molar refractivity (Wildman–Crippen MR) is 85.6 cm³/mol. The fourth-order valence-electron chi connectivity index (χ4n) is 2.47. The normalized spacial score (nSPS) is 25.9. The monoisotopic (exact) mass is 314 g/mol. The maximum atomic E-state index is 12.2. The Labute approximate surface area is 137 Å². The summed E-state index contributed by atoms with van der Waals surface area (Å²) in [5.41, 5.74) is 0. The summed E-state index contributed by atoms with van der Waals surface area (Å²) in [6.45, 7) is -1.29. The molecule has 1 heterocycles. The quantitative estimate of drug-likeness (QED) is 0.767. The predicted octanol–water partition coefficient (Wildman–Crippen LogP) is 2.43. The van der Waals surface area contributed by atoms with Gasteiger partial charge >= 0.3 is 5.97 Å². The lowest BCUT2D eigenvalue weighted by molar-refractivity contribution is -0.150. The van der Waals surface area contributed by atoms with E-state index >= 15 is 0 Å². The van der Waals surface area contributed by atoms with Gasteiger partial charge in [0.05, 0.1) is 0 Å². The average Bonchev–Trinajstić information content (AvgIpc) is 2.50. The molecule has 126 valence electrons. The number of guanidine groups is 1. The summed E-state index contributed by atoms with van der Waals surface area (Å²) in [4.78, 5) is 24.6. The highest BCUT2D eigenvalue weighted by molar-refractivity contribution is 5.96. The summed E-state index contributed by atoms with van der Waals surface area (Å²) in [6.07, 6.45) is 6.90. The van der Waals surface area contributed by atoms with Crippen LogP contribution in [0.2, 0.25) is 0 Å². The lowest BCUT2D eigenvalue weighted by Gasteiger charge is -2.22. The van der Waals surface area contributed by atoms with Gasteiger partial charge < -0.3 is 9.64 Å². The number of carbonyl (C=O) groups excluding carboxylic acids is 2. The number of likely N-dealkylation sites (N-methyl/N-ethyl adjacent to an activating group) is 1. The van der Waals surface area contributed by atoms with Gasteiger partial charge in [0, 0.05) is 17.5 Å². The minimum atomic E-state index is -2.71. The number of ether oxygens (including phenoxy) is 1. The first-order valence-corrected chi connectivity index (χ1v) is 8.09. The van der Waals surface area contributed by atoms with Crippen molar-refractivity contribution in [2.24, 2.45) is 0 Å². The Bertz CT molecular complexity index is 469. The number of carbonyl (C=O) groups is 2. The van der Waals surface area contributed by atoms with Crippen molar-refractivity contribution in [3.05, 3.63) is 0 Å². The van der Waals surface area contributed by atoms with Crippen molar-refractivity contribution in [1.82, 2.24) is 10.2 Å². The summed E-state index contributed by atoms with van der Waals surface area (Å²) in [6, 6.07) is 0. The molecule has 0 aliphatic carbocycles. The van der Waals surface area contributed by atoms with Crippen LogP contribution in [0.5, 0.6) is 0 Å². The zero-order chi connectivity index (χ0) is 18.9. The van der Waals surface area contributed by atoms with Gasteiger partial charge in [-0.2, -0.15) is 0 Å². The third kappa shape index (κ3) is 7.43. The molecule has 1 rings (SSSR count). The molecule has 0 aromatic rings. The summed E-state index contributed by atoms with van der Waals surface area (Å²) >= 11 is 0. The summed E-state index contributed by atoms with van der Waals surface area (Å²) in [7, 11) is 0. The maximum absolute atomic E-state index is 12.2. The van der Waals surface area contributed by atoms with Crippen LogP contribution >= 0.6 is 0 Å². The minimum Gasteiger partial charge on any atom is -0.461 e. The third-order valence-corrected chi connectivity index (χ3v) is 3.65. The number of hydrogen-bond acceptors (Lipinski definition) is 4. The molecule has 1 aliphatic rings. The molecule has 1 unspecified atom stereocenters. The van der Waals surface area contributed by atoms with Crippen molar-refractivity contribution >= 4 is 17.8 Å². The van der Waals surface area contributed by atoms with E-state index in [0.717, 1.165) is 44.9 Å². The van der Waals surface area contributed by atoms with Gasteiger partial charge in [-0.3, -0.25) is 20.3 Å². The Morgan fingerprint density at radius 1 is 1.32 bits per heavy atom. The molecule has 1 fully saturated rings. The van der Waals surface area contributed by atoms with Crippen LogP contribution in [-0.2, 0) is 14.3 Å². The highest BCUT2D eigenvalue weighted by atomic mass is 16.5. The highest BCUT2D eigenvalue weighted by Crippen LogP contribution is 2.14. The molecule has 6 heteroatoms. The van der Waals surface area contributed by atoms with E-state index in [0.29, 0.717) is 11.3 Å². The maximum Gasteiger partial charge on any atom is 0.325 e. The summed E-state index contributed by atoms with van der Waals surface area (Å²) < 4.78 is 28.0. The Morgan fingerprint density at radius 2 is 2.05 bits per heavy atom. The molecular formula is C16H29N3O3. The highest BCUT2D eigenvalue weighted by Gasteiger charge is 2.18. The lowest BCUT2D eigenvalue weighted by Crippen LogP contribution is -2.44. The first-order chi connectivity index (χ1) is 11.7. The van der Waals surface area contributed by atoms with Gasteiger partial charge in [-0.1, -0.05) is 32.6 Å². The second kappa shape index (κ2) is 10.2. The largest absolute Gasteiger partial charge is 0.461 e. The van der Waals surface area contributed by atoms with Crippen LogP contribution < -0.4 is 5.32 Å². The van der Waals surface area contributed by atoms with Crippen LogP contribution in [0.1, 0.15) is 68.8 Å². The number of hydrogen-bond donors (Lipinski definition) is 2.